The Kier molecular flexibility index (Phi) is 5.01. The normalized spacial score (nSPS) is 22.5. The molecule has 2 aromatic rings. The molecule has 2 aliphatic heterocycles. The number of carbonyl (C=O) groups excluding carboxylic acids is 1. The summed E-state index contributed by atoms with van der Waals surface area (Å²) in [4.78, 5) is 14.6. The third-order valence-corrected chi connectivity index (χ3v) is 6.07. The molecule has 2 heterocycles. The Bertz CT molecular complexity index is 769. The summed E-state index contributed by atoms with van der Waals surface area (Å²) in [5, 5.41) is 0.720. The molecule has 136 valence electrons. The maximum absolute atomic E-state index is 12.1. The van der Waals surface area contributed by atoms with Crippen molar-refractivity contribution < 1.29 is 9.53 Å². The van der Waals surface area contributed by atoms with E-state index in [-0.39, 0.29) is 17.5 Å². The van der Waals surface area contributed by atoms with Crippen LogP contribution in [0.15, 0.2) is 54.6 Å². The predicted molar refractivity (Wildman–Crippen MR) is 103 cm³/mol. The van der Waals surface area contributed by atoms with E-state index in [1.54, 1.807) is 0 Å². The number of ether oxygens (including phenoxy) is 1. The zero-order chi connectivity index (χ0) is 18.0. The molecule has 0 radical (unpaired) electrons. The van der Waals surface area contributed by atoms with Crippen molar-refractivity contribution in [1.29, 1.82) is 0 Å². The molecule has 1 atom stereocenters. The van der Waals surface area contributed by atoms with E-state index in [0.717, 1.165) is 49.5 Å². The first-order valence-corrected chi connectivity index (χ1v) is 9.76. The van der Waals surface area contributed by atoms with Crippen LogP contribution >= 0.6 is 11.6 Å². The van der Waals surface area contributed by atoms with E-state index in [1.807, 2.05) is 18.2 Å². The van der Waals surface area contributed by atoms with Gasteiger partial charge in [0.05, 0.1) is 6.42 Å². The molecule has 4 heteroatoms. The van der Waals surface area contributed by atoms with Gasteiger partial charge in [-0.05, 0) is 29.7 Å². The third-order valence-electron chi connectivity index (χ3n) is 5.84. The molecule has 1 unspecified atom stereocenters. The molecular formula is C22H24ClNO2. The van der Waals surface area contributed by atoms with Crippen LogP contribution in [0.2, 0.25) is 5.02 Å². The molecule has 0 aromatic heterocycles. The van der Waals surface area contributed by atoms with Gasteiger partial charge in [0.1, 0.15) is 5.60 Å². The molecule has 2 aliphatic rings. The average Bonchev–Trinajstić information content (AvgIpc) is 2.98. The zero-order valence-corrected chi connectivity index (χ0v) is 15.6. The molecule has 0 N–H and O–H groups in total. The number of benzene rings is 2. The minimum absolute atomic E-state index is 0.0762. The van der Waals surface area contributed by atoms with E-state index >= 15 is 0 Å². The fraction of sp³-hybridized carbons (Fsp3) is 0.409. The van der Waals surface area contributed by atoms with Crippen LogP contribution in [0.25, 0.3) is 0 Å². The summed E-state index contributed by atoms with van der Waals surface area (Å²) in [7, 11) is 0. The first-order valence-electron chi connectivity index (χ1n) is 9.38. The van der Waals surface area contributed by atoms with Gasteiger partial charge in [-0.25, -0.2) is 0 Å². The van der Waals surface area contributed by atoms with Crippen LogP contribution in [0.4, 0.5) is 0 Å². The molecule has 2 fully saturated rings. The molecule has 3 nitrogen and oxygen atoms in total. The van der Waals surface area contributed by atoms with Gasteiger partial charge in [-0.3, -0.25) is 4.79 Å². The van der Waals surface area contributed by atoms with E-state index in [9.17, 15) is 4.79 Å². The molecule has 26 heavy (non-hydrogen) atoms. The van der Waals surface area contributed by atoms with Gasteiger partial charge >= 0.3 is 5.97 Å². The Morgan fingerprint density at radius 3 is 2.58 bits per heavy atom. The summed E-state index contributed by atoms with van der Waals surface area (Å²) in [6.07, 6.45) is 3.31. The number of carbonyl (C=O) groups is 1. The number of hydrogen-bond acceptors (Lipinski definition) is 3. The molecule has 0 amide bonds. The Hall–Kier alpha value is -1.84. The second-order valence-electron chi connectivity index (χ2n) is 7.43. The summed E-state index contributed by atoms with van der Waals surface area (Å²) >= 11 is 6.18. The van der Waals surface area contributed by atoms with E-state index in [4.69, 9.17) is 16.3 Å². The van der Waals surface area contributed by atoms with Crippen molar-refractivity contribution in [1.82, 2.24) is 4.90 Å². The molecule has 2 aromatic carbocycles. The van der Waals surface area contributed by atoms with Crippen molar-refractivity contribution in [2.75, 3.05) is 19.6 Å². The number of hydrogen-bond donors (Lipinski definition) is 0. The van der Waals surface area contributed by atoms with Gasteiger partial charge in [-0.2, -0.15) is 0 Å². The standard InChI is InChI=1S/C22H24ClNO2/c23-19-8-4-7-18(15-19)20-16-21(25)26-22(20)10-13-24(14-11-22)12-9-17-5-2-1-3-6-17/h1-8,15,20H,9-14,16H2. The Labute approximate surface area is 159 Å². The minimum atomic E-state index is -0.356. The summed E-state index contributed by atoms with van der Waals surface area (Å²) in [5.74, 6) is 0.0395. The highest BCUT2D eigenvalue weighted by Crippen LogP contribution is 2.47. The lowest BCUT2D eigenvalue weighted by Gasteiger charge is -2.41. The molecular weight excluding hydrogens is 346 g/mol. The van der Waals surface area contributed by atoms with Crippen molar-refractivity contribution in [3.05, 3.63) is 70.7 Å². The van der Waals surface area contributed by atoms with Gasteiger partial charge in [0.15, 0.2) is 0 Å². The van der Waals surface area contributed by atoms with Crippen molar-refractivity contribution >= 4 is 17.6 Å². The molecule has 2 saturated heterocycles. The van der Waals surface area contributed by atoms with Crippen LogP contribution < -0.4 is 0 Å². The van der Waals surface area contributed by atoms with Crippen LogP contribution in [0, 0.1) is 0 Å². The maximum Gasteiger partial charge on any atom is 0.307 e. The number of likely N-dealkylation sites (tertiary alicyclic amines) is 1. The summed E-state index contributed by atoms with van der Waals surface area (Å²) in [5.41, 5.74) is 2.14. The molecule has 0 saturated carbocycles. The Morgan fingerprint density at radius 2 is 1.85 bits per heavy atom. The predicted octanol–water partition coefficient (Wildman–Crippen LogP) is 4.45. The van der Waals surface area contributed by atoms with Crippen molar-refractivity contribution in [2.45, 2.75) is 37.2 Å². The Morgan fingerprint density at radius 1 is 1.08 bits per heavy atom. The lowest BCUT2D eigenvalue weighted by Crippen LogP contribution is -2.47. The number of nitrogens with zero attached hydrogens (tertiary/aromatic N) is 1. The van der Waals surface area contributed by atoms with Crippen LogP contribution in [0.3, 0.4) is 0 Å². The lowest BCUT2D eigenvalue weighted by atomic mass is 9.76. The SMILES string of the molecule is O=C1CC(c2cccc(Cl)c2)C2(CCN(CCc3ccccc3)CC2)O1. The van der Waals surface area contributed by atoms with Gasteiger partial charge in [-0.15, -0.1) is 0 Å². The van der Waals surface area contributed by atoms with Gasteiger partial charge in [0.25, 0.3) is 0 Å². The second kappa shape index (κ2) is 7.42. The second-order valence-corrected chi connectivity index (χ2v) is 7.86. The monoisotopic (exact) mass is 369 g/mol. The number of esters is 1. The topological polar surface area (TPSA) is 29.5 Å². The van der Waals surface area contributed by atoms with Crippen LogP contribution in [0.1, 0.15) is 36.3 Å². The number of halogens is 1. The van der Waals surface area contributed by atoms with E-state index in [0.29, 0.717) is 6.42 Å². The minimum Gasteiger partial charge on any atom is -0.458 e. The van der Waals surface area contributed by atoms with E-state index in [1.165, 1.54) is 5.56 Å². The van der Waals surface area contributed by atoms with Crippen molar-refractivity contribution in [3.8, 4) is 0 Å². The lowest BCUT2D eigenvalue weighted by molar-refractivity contribution is -0.152. The van der Waals surface area contributed by atoms with Gasteiger partial charge < -0.3 is 9.64 Å². The fourth-order valence-corrected chi connectivity index (χ4v) is 4.57. The molecule has 0 bridgehead atoms. The van der Waals surface area contributed by atoms with Crippen LogP contribution in [-0.2, 0) is 16.0 Å². The number of rotatable bonds is 4. The highest BCUT2D eigenvalue weighted by atomic mass is 35.5. The highest BCUT2D eigenvalue weighted by Gasteiger charge is 2.51. The van der Waals surface area contributed by atoms with Crippen LogP contribution in [-0.4, -0.2) is 36.1 Å². The molecule has 4 rings (SSSR count). The summed E-state index contributed by atoms with van der Waals surface area (Å²) in [6, 6.07) is 18.5. The van der Waals surface area contributed by atoms with Gasteiger partial charge in [-0.1, -0.05) is 54.1 Å². The molecule has 0 aliphatic carbocycles. The first-order chi connectivity index (χ1) is 12.6. The Balaban J connectivity index is 1.42. The van der Waals surface area contributed by atoms with E-state index in [2.05, 4.69) is 41.3 Å². The largest absolute Gasteiger partial charge is 0.458 e. The maximum atomic E-state index is 12.1. The fourth-order valence-electron chi connectivity index (χ4n) is 4.37. The zero-order valence-electron chi connectivity index (χ0n) is 14.9. The van der Waals surface area contributed by atoms with Crippen molar-refractivity contribution in [2.24, 2.45) is 0 Å². The summed E-state index contributed by atoms with van der Waals surface area (Å²) in [6.45, 7) is 2.99. The van der Waals surface area contributed by atoms with Crippen LogP contribution in [0.5, 0.6) is 0 Å². The average molecular weight is 370 g/mol. The highest BCUT2D eigenvalue weighted by molar-refractivity contribution is 6.30. The smallest absolute Gasteiger partial charge is 0.307 e. The quantitative estimate of drug-likeness (QED) is 0.746. The van der Waals surface area contributed by atoms with Gasteiger partial charge in [0, 0.05) is 43.4 Å². The summed E-state index contributed by atoms with van der Waals surface area (Å²) < 4.78 is 5.90. The number of piperidine rings is 1. The van der Waals surface area contributed by atoms with Gasteiger partial charge in [0.2, 0.25) is 0 Å². The van der Waals surface area contributed by atoms with Crippen molar-refractivity contribution in [3.63, 3.8) is 0 Å². The van der Waals surface area contributed by atoms with E-state index < -0.39 is 0 Å². The first kappa shape index (κ1) is 17.6. The molecule has 1 spiro atoms. The third kappa shape index (κ3) is 3.65.